The number of rotatable bonds is 6. The summed E-state index contributed by atoms with van der Waals surface area (Å²) in [6, 6.07) is 5.74. The lowest BCUT2D eigenvalue weighted by Gasteiger charge is -2.32. The van der Waals surface area contributed by atoms with Crippen molar-refractivity contribution in [1.29, 1.82) is 0 Å². The van der Waals surface area contributed by atoms with Crippen LogP contribution in [0.15, 0.2) is 24.3 Å². The summed E-state index contributed by atoms with van der Waals surface area (Å²) in [6.07, 6.45) is 2.91. The number of ether oxygens (including phenoxy) is 1. The number of amides is 2. The van der Waals surface area contributed by atoms with Crippen LogP contribution in [0.3, 0.4) is 0 Å². The molecule has 0 atom stereocenters. The molecular weight excluding hydrogens is 299 g/mol. The van der Waals surface area contributed by atoms with Crippen LogP contribution in [0.2, 0.25) is 0 Å². The molecular formula is C17H23FN2O3. The average molecular weight is 322 g/mol. The summed E-state index contributed by atoms with van der Waals surface area (Å²) < 4.78 is 18.2. The summed E-state index contributed by atoms with van der Waals surface area (Å²) in [5.41, 5.74) is 0. The van der Waals surface area contributed by atoms with Crippen molar-refractivity contribution >= 4 is 11.8 Å². The second kappa shape index (κ2) is 8.50. The lowest BCUT2D eigenvalue weighted by molar-refractivity contribution is -0.134. The Balaban J connectivity index is 1.71. The molecule has 0 bridgehead atoms. The number of hydrogen-bond donors (Lipinski definition) is 1. The summed E-state index contributed by atoms with van der Waals surface area (Å²) in [5, 5.41) is 3.00. The van der Waals surface area contributed by atoms with E-state index in [1.54, 1.807) is 4.90 Å². The van der Waals surface area contributed by atoms with Gasteiger partial charge in [-0.2, -0.15) is 0 Å². The minimum Gasteiger partial charge on any atom is -0.484 e. The number of benzene rings is 1. The molecule has 0 spiro atoms. The fourth-order valence-corrected chi connectivity index (χ4v) is 2.57. The Morgan fingerprint density at radius 2 is 1.91 bits per heavy atom. The first-order chi connectivity index (χ1) is 11.1. The summed E-state index contributed by atoms with van der Waals surface area (Å²) in [7, 11) is 0. The van der Waals surface area contributed by atoms with Crippen molar-refractivity contribution in [2.45, 2.75) is 38.6 Å². The Bertz CT molecular complexity index is 525. The van der Waals surface area contributed by atoms with Crippen LogP contribution in [0, 0.1) is 5.82 Å². The number of likely N-dealkylation sites (tertiary alicyclic amines) is 1. The number of piperidine rings is 1. The summed E-state index contributed by atoms with van der Waals surface area (Å²) in [4.78, 5) is 25.4. The fraction of sp³-hybridized carbons (Fsp3) is 0.529. The maximum Gasteiger partial charge on any atom is 0.260 e. The zero-order valence-electron chi connectivity index (χ0n) is 13.4. The number of halogens is 1. The van der Waals surface area contributed by atoms with E-state index in [4.69, 9.17) is 4.74 Å². The van der Waals surface area contributed by atoms with Crippen molar-refractivity contribution in [2.24, 2.45) is 0 Å². The second-order valence-corrected chi connectivity index (χ2v) is 5.72. The molecule has 1 saturated heterocycles. The van der Waals surface area contributed by atoms with Gasteiger partial charge in [0.1, 0.15) is 11.6 Å². The standard InChI is InChI=1S/C17H23FN2O3/c1-2-3-16(21)19-14-8-10-20(11-9-14)17(22)12-23-15-6-4-13(18)5-7-15/h4-7,14H,2-3,8-12H2,1H3,(H,19,21). The lowest BCUT2D eigenvalue weighted by atomic mass is 10.0. The van der Waals surface area contributed by atoms with Crippen molar-refractivity contribution in [3.8, 4) is 5.75 Å². The molecule has 0 unspecified atom stereocenters. The third-order valence-electron chi connectivity index (χ3n) is 3.87. The van der Waals surface area contributed by atoms with Gasteiger partial charge in [-0.1, -0.05) is 6.92 Å². The number of hydrogen-bond acceptors (Lipinski definition) is 3. The van der Waals surface area contributed by atoms with E-state index >= 15 is 0 Å². The number of carbonyl (C=O) groups excluding carboxylic acids is 2. The van der Waals surface area contributed by atoms with Gasteiger partial charge < -0.3 is 15.0 Å². The van der Waals surface area contributed by atoms with Gasteiger partial charge in [0.05, 0.1) is 0 Å². The Labute approximate surface area is 135 Å². The van der Waals surface area contributed by atoms with Crippen LogP contribution in [-0.2, 0) is 9.59 Å². The summed E-state index contributed by atoms with van der Waals surface area (Å²) in [6.45, 7) is 3.14. The zero-order valence-corrected chi connectivity index (χ0v) is 13.4. The van der Waals surface area contributed by atoms with Gasteiger partial charge in [-0.3, -0.25) is 9.59 Å². The molecule has 0 aromatic heterocycles. The molecule has 2 rings (SSSR count). The van der Waals surface area contributed by atoms with E-state index in [2.05, 4.69) is 5.32 Å². The molecule has 1 aromatic carbocycles. The summed E-state index contributed by atoms with van der Waals surface area (Å²) >= 11 is 0. The largest absolute Gasteiger partial charge is 0.484 e. The van der Waals surface area contributed by atoms with Crippen molar-refractivity contribution < 1.29 is 18.7 Å². The van der Waals surface area contributed by atoms with Crippen LogP contribution in [0.1, 0.15) is 32.6 Å². The first kappa shape index (κ1) is 17.2. The molecule has 1 aliphatic rings. The minimum atomic E-state index is -0.337. The SMILES string of the molecule is CCCC(=O)NC1CCN(C(=O)COc2ccc(F)cc2)CC1. The van der Waals surface area contributed by atoms with Gasteiger partial charge in [0.25, 0.3) is 5.91 Å². The molecule has 0 radical (unpaired) electrons. The number of nitrogens with zero attached hydrogens (tertiary/aromatic N) is 1. The normalized spacial score (nSPS) is 15.3. The molecule has 0 saturated carbocycles. The van der Waals surface area contributed by atoms with E-state index in [0.29, 0.717) is 25.3 Å². The molecule has 126 valence electrons. The first-order valence-corrected chi connectivity index (χ1v) is 8.04. The van der Waals surface area contributed by atoms with Crippen molar-refractivity contribution in [3.63, 3.8) is 0 Å². The molecule has 1 fully saturated rings. The van der Waals surface area contributed by atoms with E-state index in [1.807, 2.05) is 6.92 Å². The Hall–Kier alpha value is -2.11. The Morgan fingerprint density at radius 3 is 2.52 bits per heavy atom. The van der Waals surface area contributed by atoms with Crippen molar-refractivity contribution in [1.82, 2.24) is 10.2 Å². The van der Waals surface area contributed by atoms with Crippen LogP contribution in [0.4, 0.5) is 4.39 Å². The topological polar surface area (TPSA) is 58.6 Å². The minimum absolute atomic E-state index is 0.0571. The van der Waals surface area contributed by atoms with E-state index in [9.17, 15) is 14.0 Å². The third kappa shape index (κ3) is 5.54. The second-order valence-electron chi connectivity index (χ2n) is 5.72. The van der Waals surface area contributed by atoms with Crippen LogP contribution in [-0.4, -0.2) is 42.5 Å². The zero-order chi connectivity index (χ0) is 16.7. The maximum absolute atomic E-state index is 12.8. The van der Waals surface area contributed by atoms with Crippen molar-refractivity contribution in [3.05, 3.63) is 30.1 Å². The molecule has 1 heterocycles. The quantitative estimate of drug-likeness (QED) is 0.873. The highest BCUT2D eigenvalue weighted by molar-refractivity contribution is 5.78. The van der Waals surface area contributed by atoms with E-state index in [1.165, 1.54) is 24.3 Å². The average Bonchev–Trinajstić information content (AvgIpc) is 2.55. The van der Waals surface area contributed by atoms with Crippen LogP contribution in [0.5, 0.6) is 5.75 Å². The van der Waals surface area contributed by atoms with Crippen molar-refractivity contribution in [2.75, 3.05) is 19.7 Å². The Kier molecular flexibility index (Phi) is 6.38. The number of nitrogens with one attached hydrogen (secondary N) is 1. The molecule has 5 nitrogen and oxygen atoms in total. The highest BCUT2D eigenvalue weighted by Gasteiger charge is 2.23. The molecule has 2 amide bonds. The van der Waals surface area contributed by atoms with Gasteiger partial charge in [-0.05, 0) is 43.5 Å². The van der Waals surface area contributed by atoms with Crippen LogP contribution >= 0.6 is 0 Å². The Morgan fingerprint density at radius 1 is 1.26 bits per heavy atom. The van der Waals surface area contributed by atoms with Gasteiger partial charge in [0.15, 0.2) is 6.61 Å². The van der Waals surface area contributed by atoms with Gasteiger partial charge in [0.2, 0.25) is 5.91 Å². The first-order valence-electron chi connectivity index (χ1n) is 8.04. The maximum atomic E-state index is 12.8. The van der Waals surface area contributed by atoms with Gasteiger partial charge >= 0.3 is 0 Å². The fourth-order valence-electron chi connectivity index (χ4n) is 2.57. The van der Waals surface area contributed by atoms with E-state index in [-0.39, 0.29) is 30.3 Å². The molecule has 1 aliphatic heterocycles. The third-order valence-corrected chi connectivity index (χ3v) is 3.87. The molecule has 1 N–H and O–H groups in total. The van der Waals surface area contributed by atoms with Gasteiger partial charge in [-0.25, -0.2) is 4.39 Å². The molecule has 1 aromatic rings. The van der Waals surface area contributed by atoms with Gasteiger partial charge in [-0.15, -0.1) is 0 Å². The van der Waals surface area contributed by atoms with E-state index < -0.39 is 0 Å². The predicted octanol–water partition coefficient (Wildman–Crippen LogP) is 2.11. The van der Waals surface area contributed by atoms with Gasteiger partial charge in [0, 0.05) is 25.6 Å². The summed E-state index contributed by atoms with van der Waals surface area (Å²) in [5.74, 6) is 0.127. The highest BCUT2D eigenvalue weighted by atomic mass is 19.1. The lowest BCUT2D eigenvalue weighted by Crippen LogP contribution is -2.47. The van der Waals surface area contributed by atoms with E-state index in [0.717, 1.165) is 19.3 Å². The molecule has 0 aliphatic carbocycles. The molecule has 23 heavy (non-hydrogen) atoms. The smallest absolute Gasteiger partial charge is 0.260 e. The monoisotopic (exact) mass is 322 g/mol. The highest BCUT2D eigenvalue weighted by Crippen LogP contribution is 2.13. The van der Waals surface area contributed by atoms with Crippen LogP contribution in [0.25, 0.3) is 0 Å². The van der Waals surface area contributed by atoms with Crippen LogP contribution < -0.4 is 10.1 Å². The predicted molar refractivity (Wildman–Crippen MR) is 84.5 cm³/mol. The molecule has 6 heteroatoms. The number of carbonyl (C=O) groups is 2.